The van der Waals surface area contributed by atoms with Gasteiger partial charge in [0.15, 0.2) is 0 Å². The van der Waals surface area contributed by atoms with E-state index in [1.54, 1.807) is 19.1 Å². The van der Waals surface area contributed by atoms with Crippen LogP contribution in [0.3, 0.4) is 0 Å². The second-order valence-corrected chi connectivity index (χ2v) is 6.49. The second kappa shape index (κ2) is 5.75. The van der Waals surface area contributed by atoms with E-state index in [0.29, 0.717) is 10.6 Å². The van der Waals surface area contributed by atoms with Crippen molar-refractivity contribution < 1.29 is 18.3 Å². The molecule has 0 atom stereocenters. The van der Waals surface area contributed by atoms with Crippen molar-refractivity contribution >= 4 is 33.3 Å². The molecular weight excluding hydrogens is 314 g/mol. The maximum absolute atomic E-state index is 12.3. The highest BCUT2D eigenvalue weighted by molar-refractivity contribution is 7.92. The van der Waals surface area contributed by atoms with Crippen LogP contribution in [-0.2, 0) is 10.0 Å². The molecular formula is C14H12ClNO4S. The molecule has 0 fully saturated rings. The predicted octanol–water partition coefficient (Wildman–Crippen LogP) is 3.15. The SMILES string of the molecule is Cc1ccc(Cl)cc1S(=O)(=O)Nc1cccc(C(=O)O)c1. The van der Waals surface area contributed by atoms with E-state index in [0.717, 1.165) is 0 Å². The van der Waals surface area contributed by atoms with Gasteiger partial charge in [0, 0.05) is 10.7 Å². The Bertz CT molecular complexity index is 802. The molecule has 7 heteroatoms. The average molecular weight is 326 g/mol. The topological polar surface area (TPSA) is 83.5 Å². The summed E-state index contributed by atoms with van der Waals surface area (Å²) in [5.74, 6) is -1.13. The maximum atomic E-state index is 12.3. The molecule has 0 spiro atoms. The number of sulfonamides is 1. The van der Waals surface area contributed by atoms with Gasteiger partial charge < -0.3 is 5.11 Å². The molecule has 2 aromatic carbocycles. The smallest absolute Gasteiger partial charge is 0.335 e. The first-order valence-corrected chi connectivity index (χ1v) is 7.78. The summed E-state index contributed by atoms with van der Waals surface area (Å²) in [6, 6.07) is 10.1. The van der Waals surface area contributed by atoms with Gasteiger partial charge in [0.1, 0.15) is 0 Å². The van der Waals surface area contributed by atoms with Gasteiger partial charge in [0.05, 0.1) is 10.5 Å². The number of carboxylic acid groups (broad SMARTS) is 1. The first kappa shape index (κ1) is 15.3. The summed E-state index contributed by atoms with van der Waals surface area (Å²) in [4.78, 5) is 10.9. The molecule has 21 heavy (non-hydrogen) atoms. The molecule has 0 unspecified atom stereocenters. The molecule has 0 heterocycles. The normalized spacial score (nSPS) is 11.1. The lowest BCUT2D eigenvalue weighted by molar-refractivity contribution is 0.0697. The first-order valence-electron chi connectivity index (χ1n) is 5.92. The molecule has 5 nitrogen and oxygen atoms in total. The second-order valence-electron chi connectivity index (χ2n) is 4.40. The highest BCUT2D eigenvalue weighted by Gasteiger charge is 2.18. The zero-order chi connectivity index (χ0) is 15.6. The number of rotatable bonds is 4. The lowest BCUT2D eigenvalue weighted by Crippen LogP contribution is -2.14. The van der Waals surface area contributed by atoms with Crippen molar-refractivity contribution in [3.63, 3.8) is 0 Å². The zero-order valence-electron chi connectivity index (χ0n) is 11.0. The third-order valence-electron chi connectivity index (χ3n) is 2.80. The molecule has 0 aliphatic heterocycles. The molecule has 0 aliphatic carbocycles. The molecule has 0 amide bonds. The van der Waals surface area contributed by atoms with Crippen LogP contribution in [0.25, 0.3) is 0 Å². The molecule has 2 rings (SSSR count). The van der Waals surface area contributed by atoms with E-state index in [1.165, 1.54) is 30.3 Å². The molecule has 0 saturated heterocycles. The number of carbonyl (C=O) groups is 1. The van der Waals surface area contributed by atoms with Crippen molar-refractivity contribution in [2.24, 2.45) is 0 Å². The fourth-order valence-corrected chi connectivity index (χ4v) is 3.35. The fraction of sp³-hybridized carbons (Fsp3) is 0.0714. The molecule has 110 valence electrons. The van der Waals surface area contributed by atoms with E-state index in [2.05, 4.69) is 4.72 Å². The number of halogens is 1. The number of hydrogen-bond donors (Lipinski definition) is 2. The Hall–Kier alpha value is -2.05. The number of hydrogen-bond acceptors (Lipinski definition) is 3. The van der Waals surface area contributed by atoms with E-state index >= 15 is 0 Å². The number of carboxylic acids is 1. The van der Waals surface area contributed by atoms with E-state index in [-0.39, 0.29) is 16.1 Å². The van der Waals surface area contributed by atoms with Crippen molar-refractivity contribution in [1.29, 1.82) is 0 Å². The van der Waals surface area contributed by atoms with E-state index < -0.39 is 16.0 Å². The molecule has 0 bridgehead atoms. The summed E-state index contributed by atoms with van der Waals surface area (Å²) in [6.07, 6.45) is 0. The Labute approximate surface area is 127 Å². The van der Waals surface area contributed by atoms with Crippen LogP contribution in [0.15, 0.2) is 47.4 Å². The van der Waals surface area contributed by atoms with Crippen LogP contribution in [-0.4, -0.2) is 19.5 Å². The standard InChI is InChI=1S/C14H12ClNO4S/c1-9-5-6-11(15)8-13(9)21(19,20)16-12-4-2-3-10(7-12)14(17)18/h2-8,16H,1H3,(H,17,18). The third kappa shape index (κ3) is 3.53. The quantitative estimate of drug-likeness (QED) is 0.904. The van der Waals surface area contributed by atoms with E-state index in [4.69, 9.17) is 16.7 Å². The lowest BCUT2D eigenvalue weighted by Gasteiger charge is -2.11. The zero-order valence-corrected chi connectivity index (χ0v) is 12.6. The molecule has 0 saturated carbocycles. The lowest BCUT2D eigenvalue weighted by atomic mass is 10.2. The minimum atomic E-state index is -3.84. The summed E-state index contributed by atoms with van der Waals surface area (Å²) in [7, 11) is -3.84. The average Bonchev–Trinajstić information content (AvgIpc) is 2.41. The number of anilines is 1. The Balaban J connectivity index is 2.40. The largest absolute Gasteiger partial charge is 0.478 e. The van der Waals surface area contributed by atoms with E-state index in [9.17, 15) is 13.2 Å². The minimum absolute atomic E-state index is 0.00184. The van der Waals surface area contributed by atoms with Crippen LogP contribution in [0.4, 0.5) is 5.69 Å². The van der Waals surface area contributed by atoms with Crippen molar-refractivity contribution in [2.45, 2.75) is 11.8 Å². The Morgan fingerprint density at radius 2 is 1.90 bits per heavy atom. The van der Waals surface area contributed by atoms with Gasteiger partial charge in [-0.3, -0.25) is 4.72 Å². The number of aromatic carboxylic acids is 1. The van der Waals surface area contributed by atoms with E-state index in [1.807, 2.05) is 0 Å². The van der Waals surface area contributed by atoms with Crippen molar-refractivity contribution in [1.82, 2.24) is 0 Å². The van der Waals surface area contributed by atoms with Crippen molar-refractivity contribution in [3.8, 4) is 0 Å². The highest BCUT2D eigenvalue weighted by atomic mass is 35.5. The Morgan fingerprint density at radius 1 is 1.19 bits per heavy atom. The number of benzene rings is 2. The Morgan fingerprint density at radius 3 is 2.57 bits per heavy atom. The van der Waals surface area contributed by atoms with Crippen molar-refractivity contribution in [2.75, 3.05) is 4.72 Å². The third-order valence-corrected chi connectivity index (χ3v) is 4.56. The van der Waals surface area contributed by atoms with Gasteiger partial charge in [-0.05, 0) is 42.8 Å². The van der Waals surface area contributed by atoms with Crippen LogP contribution in [0.2, 0.25) is 5.02 Å². The van der Waals surface area contributed by atoms with Gasteiger partial charge in [-0.15, -0.1) is 0 Å². The van der Waals surface area contributed by atoms with Crippen LogP contribution < -0.4 is 4.72 Å². The summed E-state index contributed by atoms with van der Waals surface area (Å²) in [5, 5.41) is 9.22. The van der Waals surface area contributed by atoms with Crippen LogP contribution in [0.5, 0.6) is 0 Å². The monoisotopic (exact) mass is 325 g/mol. The van der Waals surface area contributed by atoms with Gasteiger partial charge in [0.25, 0.3) is 10.0 Å². The molecule has 0 aromatic heterocycles. The molecule has 0 radical (unpaired) electrons. The minimum Gasteiger partial charge on any atom is -0.478 e. The van der Waals surface area contributed by atoms with Gasteiger partial charge >= 0.3 is 5.97 Å². The van der Waals surface area contributed by atoms with Crippen LogP contribution in [0.1, 0.15) is 15.9 Å². The summed E-state index contributed by atoms with van der Waals surface area (Å²) >= 11 is 5.82. The fourth-order valence-electron chi connectivity index (χ4n) is 1.79. The molecule has 0 aliphatic rings. The highest BCUT2D eigenvalue weighted by Crippen LogP contribution is 2.23. The Kier molecular flexibility index (Phi) is 4.20. The van der Waals surface area contributed by atoms with Gasteiger partial charge in [-0.2, -0.15) is 0 Å². The predicted molar refractivity (Wildman–Crippen MR) is 80.4 cm³/mol. The summed E-state index contributed by atoms with van der Waals surface area (Å²) in [5.41, 5.74) is 0.716. The first-order chi connectivity index (χ1) is 9.79. The van der Waals surface area contributed by atoms with Crippen molar-refractivity contribution in [3.05, 3.63) is 58.6 Å². The van der Waals surface area contributed by atoms with Crippen LogP contribution in [0, 0.1) is 6.92 Å². The number of nitrogens with one attached hydrogen (secondary N) is 1. The number of aryl methyl sites for hydroxylation is 1. The van der Waals surface area contributed by atoms with Gasteiger partial charge in [-0.25, -0.2) is 13.2 Å². The molecule has 2 N–H and O–H groups in total. The maximum Gasteiger partial charge on any atom is 0.335 e. The summed E-state index contributed by atoms with van der Waals surface area (Å²) in [6.45, 7) is 1.65. The van der Waals surface area contributed by atoms with Crippen LogP contribution >= 0.6 is 11.6 Å². The van der Waals surface area contributed by atoms with Gasteiger partial charge in [-0.1, -0.05) is 23.7 Å². The summed E-state index contributed by atoms with van der Waals surface area (Å²) < 4.78 is 27.0. The van der Waals surface area contributed by atoms with Gasteiger partial charge in [0.2, 0.25) is 0 Å². The molecule has 2 aromatic rings.